The largest absolute Gasteiger partial charge is 0.440 e. The highest BCUT2D eigenvalue weighted by Crippen LogP contribution is 2.33. The van der Waals surface area contributed by atoms with E-state index in [9.17, 15) is 25.0 Å². The lowest BCUT2D eigenvalue weighted by atomic mass is 10.3. The van der Waals surface area contributed by atoms with Crippen LogP contribution in [-0.2, 0) is 4.79 Å². The smallest absolute Gasteiger partial charge is 0.394 e. The summed E-state index contributed by atoms with van der Waals surface area (Å²) in [6, 6.07) is 0.694. The van der Waals surface area contributed by atoms with Crippen molar-refractivity contribution in [1.29, 1.82) is 0 Å². The van der Waals surface area contributed by atoms with Gasteiger partial charge in [0.1, 0.15) is 11.0 Å². The molecule has 2 rings (SSSR count). The fourth-order valence-corrected chi connectivity index (χ4v) is 2.52. The molecular formula is C11H7ClN4O6S. The SMILES string of the molecule is CC(=O)Nc1nc(/C(Cl)=C/c2oc([N+](=O)[O-])cc2[N+](=O)[O-])cs1. The van der Waals surface area contributed by atoms with Gasteiger partial charge in [-0.2, -0.15) is 0 Å². The molecule has 2 heterocycles. The van der Waals surface area contributed by atoms with Crippen molar-refractivity contribution in [3.63, 3.8) is 0 Å². The molecule has 2 aromatic heterocycles. The van der Waals surface area contributed by atoms with Gasteiger partial charge in [0.05, 0.1) is 15.6 Å². The Hall–Kier alpha value is -2.79. The number of nitro groups is 2. The number of halogens is 1. The zero-order valence-corrected chi connectivity index (χ0v) is 12.9. The predicted molar refractivity (Wildman–Crippen MR) is 82.2 cm³/mol. The second kappa shape index (κ2) is 6.54. The van der Waals surface area contributed by atoms with E-state index in [1.807, 2.05) is 0 Å². The van der Waals surface area contributed by atoms with Crippen LogP contribution in [-0.4, -0.2) is 20.7 Å². The number of nitrogens with zero attached hydrogens (tertiary/aromatic N) is 3. The van der Waals surface area contributed by atoms with Crippen LogP contribution >= 0.6 is 22.9 Å². The van der Waals surface area contributed by atoms with Gasteiger partial charge in [0.15, 0.2) is 5.13 Å². The number of anilines is 1. The Morgan fingerprint density at radius 3 is 2.70 bits per heavy atom. The number of nitrogens with one attached hydrogen (secondary N) is 1. The van der Waals surface area contributed by atoms with Crippen molar-refractivity contribution in [2.45, 2.75) is 6.92 Å². The average molecular weight is 359 g/mol. The first-order chi connectivity index (χ1) is 10.8. The average Bonchev–Trinajstić information content (AvgIpc) is 3.04. The van der Waals surface area contributed by atoms with Crippen LogP contribution in [0.5, 0.6) is 0 Å². The number of rotatable bonds is 5. The summed E-state index contributed by atoms with van der Waals surface area (Å²) in [4.78, 5) is 34.7. The van der Waals surface area contributed by atoms with E-state index in [0.717, 1.165) is 17.4 Å². The summed E-state index contributed by atoms with van der Waals surface area (Å²) < 4.78 is 4.81. The number of aromatic nitrogens is 1. The molecule has 0 saturated heterocycles. The fourth-order valence-electron chi connectivity index (χ4n) is 1.50. The maximum absolute atomic E-state index is 10.9. The molecule has 0 aliphatic rings. The standard InChI is InChI=1S/C11H7ClN4O6S/c1-5(17)13-11-14-7(4-23-11)6(12)2-9-8(15(18)19)3-10(22-9)16(20)21/h2-4H,1H3,(H,13,14,17)/b6-2-. The number of amides is 1. The molecule has 0 radical (unpaired) electrons. The van der Waals surface area contributed by atoms with Crippen LogP contribution < -0.4 is 5.32 Å². The highest BCUT2D eigenvalue weighted by Gasteiger charge is 2.26. The van der Waals surface area contributed by atoms with Crippen LogP contribution in [0.2, 0.25) is 0 Å². The number of carbonyl (C=O) groups is 1. The molecule has 2 aromatic rings. The molecule has 10 nitrogen and oxygen atoms in total. The first-order valence-electron chi connectivity index (χ1n) is 5.81. The molecule has 0 bridgehead atoms. The molecular weight excluding hydrogens is 352 g/mol. The molecule has 1 amide bonds. The third kappa shape index (κ3) is 3.90. The van der Waals surface area contributed by atoms with Crippen molar-refractivity contribution >= 4 is 56.7 Å². The van der Waals surface area contributed by atoms with Crippen LogP contribution in [0.25, 0.3) is 11.1 Å². The molecule has 12 heteroatoms. The Bertz CT molecular complexity index is 826. The minimum absolute atomic E-state index is 0.0369. The van der Waals surface area contributed by atoms with E-state index in [1.54, 1.807) is 0 Å². The fraction of sp³-hybridized carbons (Fsp3) is 0.0909. The van der Waals surface area contributed by atoms with Gasteiger partial charge >= 0.3 is 11.6 Å². The molecule has 0 atom stereocenters. The van der Waals surface area contributed by atoms with E-state index in [4.69, 9.17) is 16.0 Å². The molecule has 120 valence electrons. The van der Waals surface area contributed by atoms with Gasteiger partial charge in [-0.3, -0.25) is 25.0 Å². The van der Waals surface area contributed by atoms with Crippen molar-refractivity contribution in [2.24, 2.45) is 0 Å². The van der Waals surface area contributed by atoms with Gasteiger partial charge in [0, 0.05) is 18.4 Å². The van der Waals surface area contributed by atoms with Crippen LogP contribution in [0.4, 0.5) is 16.7 Å². The summed E-state index contributed by atoms with van der Waals surface area (Å²) >= 11 is 7.09. The molecule has 0 aliphatic carbocycles. The monoisotopic (exact) mass is 358 g/mol. The van der Waals surface area contributed by atoms with E-state index in [2.05, 4.69) is 10.3 Å². The highest BCUT2D eigenvalue weighted by molar-refractivity contribution is 7.14. The van der Waals surface area contributed by atoms with Crippen LogP contribution in [0.3, 0.4) is 0 Å². The maximum Gasteiger partial charge on any atom is 0.440 e. The molecule has 0 unspecified atom stereocenters. The number of furan rings is 1. The zero-order valence-electron chi connectivity index (χ0n) is 11.3. The summed E-state index contributed by atoms with van der Waals surface area (Å²) in [5, 5.41) is 25.7. The van der Waals surface area contributed by atoms with Gasteiger partial charge in [-0.1, -0.05) is 11.6 Å². The Morgan fingerprint density at radius 1 is 1.43 bits per heavy atom. The maximum atomic E-state index is 10.9. The minimum atomic E-state index is -0.893. The summed E-state index contributed by atoms with van der Waals surface area (Å²) in [5.41, 5.74) is -0.360. The third-order valence-corrected chi connectivity index (χ3v) is 3.45. The Morgan fingerprint density at radius 2 is 2.13 bits per heavy atom. The summed E-state index contributed by atoms with van der Waals surface area (Å²) in [7, 11) is 0. The molecule has 0 saturated carbocycles. The minimum Gasteiger partial charge on any atom is -0.394 e. The lowest BCUT2D eigenvalue weighted by molar-refractivity contribution is -0.402. The van der Waals surface area contributed by atoms with E-state index in [1.165, 1.54) is 12.3 Å². The normalized spacial score (nSPS) is 11.3. The third-order valence-electron chi connectivity index (χ3n) is 2.39. The zero-order chi connectivity index (χ0) is 17.1. The van der Waals surface area contributed by atoms with E-state index < -0.39 is 21.4 Å². The van der Waals surface area contributed by atoms with Crippen LogP contribution in [0.1, 0.15) is 18.4 Å². The molecule has 0 fully saturated rings. The lowest BCUT2D eigenvalue weighted by Gasteiger charge is -1.94. The van der Waals surface area contributed by atoms with Crippen molar-refractivity contribution in [3.8, 4) is 0 Å². The first kappa shape index (κ1) is 16.6. The lowest BCUT2D eigenvalue weighted by Crippen LogP contribution is -2.05. The topological polar surface area (TPSA) is 141 Å². The predicted octanol–water partition coefficient (Wildman–Crippen LogP) is 3.25. The van der Waals surface area contributed by atoms with E-state index in [0.29, 0.717) is 11.2 Å². The van der Waals surface area contributed by atoms with Crippen LogP contribution in [0.15, 0.2) is 15.9 Å². The molecule has 0 spiro atoms. The van der Waals surface area contributed by atoms with Crippen molar-refractivity contribution < 1.29 is 19.1 Å². The Balaban J connectivity index is 2.36. The molecule has 1 N–H and O–H groups in total. The van der Waals surface area contributed by atoms with Gasteiger partial charge in [-0.25, -0.2) is 4.98 Å². The van der Waals surface area contributed by atoms with Crippen LogP contribution in [0, 0.1) is 20.2 Å². The van der Waals surface area contributed by atoms with Gasteiger partial charge in [0.25, 0.3) is 0 Å². The Kier molecular flexibility index (Phi) is 4.71. The van der Waals surface area contributed by atoms with Crippen molar-refractivity contribution in [1.82, 2.24) is 4.98 Å². The van der Waals surface area contributed by atoms with E-state index in [-0.39, 0.29) is 22.4 Å². The van der Waals surface area contributed by atoms with E-state index >= 15 is 0 Å². The van der Waals surface area contributed by atoms with Gasteiger partial charge in [0.2, 0.25) is 11.7 Å². The number of thiazole rings is 1. The number of hydrogen-bond acceptors (Lipinski definition) is 8. The quantitative estimate of drug-likeness (QED) is 0.638. The van der Waals surface area contributed by atoms with Crippen molar-refractivity contribution in [3.05, 3.63) is 43.1 Å². The molecule has 0 aromatic carbocycles. The Labute approximate surface area is 136 Å². The number of hydrogen-bond donors (Lipinski definition) is 1. The van der Waals surface area contributed by atoms with Crippen molar-refractivity contribution in [2.75, 3.05) is 5.32 Å². The van der Waals surface area contributed by atoms with Gasteiger partial charge in [-0.15, -0.1) is 11.3 Å². The van der Waals surface area contributed by atoms with Gasteiger partial charge < -0.3 is 9.73 Å². The molecule has 0 aliphatic heterocycles. The first-order valence-corrected chi connectivity index (χ1v) is 7.07. The summed E-state index contributed by atoms with van der Waals surface area (Å²) in [6.45, 7) is 1.31. The summed E-state index contributed by atoms with van der Waals surface area (Å²) in [6.07, 6.45) is 1.05. The highest BCUT2D eigenvalue weighted by atomic mass is 35.5. The second-order valence-electron chi connectivity index (χ2n) is 4.06. The summed E-state index contributed by atoms with van der Waals surface area (Å²) in [5.74, 6) is -1.46. The van der Waals surface area contributed by atoms with Gasteiger partial charge in [-0.05, 0) is 0 Å². The molecule has 23 heavy (non-hydrogen) atoms. The number of carbonyl (C=O) groups excluding carboxylic acids is 1. The second-order valence-corrected chi connectivity index (χ2v) is 5.33.